The van der Waals surface area contributed by atoms with Crippen molar-refractivity contribution in [2.75, 3.05) is 13.0 Å². The Balaban J connectivity index is 2.24. The molecule has 1 fully saturated rings. The lowest BCUT2D eigenvalue weighted by Gasteiger charge is -2.12. The van der Waals surface area contributed by atoms with E-state index < -0.39 is 11.9 Å². The summed E-state index contributed by atoms with van der Waals surface area (Å²) in [6.45, 7) is 0. The number of amides is 3. The number of urea groups is 1. The highest BCUT2D eigenvalue weighted by molar-refractivity contribution is 6.28. The van der Waals surface area contributed by atoms with Gasteiger partial charge in [-0.3, -0.25) is 10.1 Å². The number of carbonyl (C=O) groups excluding carboxylic acids is 2. The first-order valence-corrected chi connectivity index (χ1v) is 5.38. The van der Waals surface area contributed by atoms with Crippen LogP contribution in [0.15, 0.2) is 0 Å². The highest BCUT2D eigenvalue weighted by atomic mass is 35.5. The first-order valence-electron chi connectivity index (χ1n) is 4.84. The maximum atomic E-state index is 11.2. The van der Waals surface area contributed by atoms with Crippen molar-refractivity contribution in [3.8, 4) is 0 Å². The van der Waals surface area contributed by atoms with Crippen LogP contribution >= 0.6 is 11.6 Å². The molecule has 1 aliphatic rings. The molecule has 5 nitrogen and oxygen atoms in total. The molecular formula is C9H15ClN2O3. The maximum Gasteiger partial charge on any atom is 0.321 e. The third kappa shape index (κ3) is 4.05. The number of alkyl halides is 1. The number of imide groups is 1. The van der Waals surface area contributed by atoms with Gasteiger partial charge < -0.3 is 10.1 Å². The monoisotopic (exact) mass is 234 g/mol. The van der Waals surface area contributed by atoms with Gasteiger partial charge in [0.2, 0.25) is 5.91 Å². The minimum atomic E-state index is -0.490. The minimum Gasteiger partial charge on any atom is -0.381 e. The smallest absolute Gasteiger partial charge is 0.321 e. The number of halogens is 1. The largest absolute Gasteiger partial charge is 0.381 e. The number of hydrogen-bond acceptors (Lipinski definition) is 3. The van der Waals surface area contributed by atoms with Crippen molar-refractivity contribution in [2.45, 2.75) is 31.4 Å². The van der Waals surface area contributed by atoms with Crippen molar-refractivity contribution in [1.82, 2.24) is 10.6 Å². The summed E-state index contributed by atoms with van der Waals surface area (Å²) in [7, 11) is 1.66. The minimum absolute atomic E-state index is 0.0816. The quantitative estimate of drug-likeness (QED) is 0.704. The van der Waals surface area contributed by atoms with Gasteiger partial charge in [-0.2, -0.15) is 0 Å². The Labute approximate surface area is 93.5 Å². The van der Waals surface area contributed by atoms with Crippen LogP contribution in [0, 0.1) is 0 Å². The first-order chi connectivity index (χ1) is 7.15. The number of rotatable bonds is 3. The fourth-order valence-electron chi connectivity index (χ4n) is 1.67. The fourth-order valence-corrected chi connectivity index (χ4v) is 1.73. The highest BCUT2D eigenvalue weighted by Crippen LogP contribution is 2.21. The molecule has 1 saturated carbocycles. The molecule has 3 amide bonds. The standard InChI is InChI=1S/C9H15ClN2O3/c1-15-7-3-2-6(4-7)11-9(14)12-8(13)5-10/h6-7H,2-5H2,1H3,(H2,11,12,13,14). The van der Waals surface area contributed by atoms with Crippen LogP contribution < -0.4 is 10.6 Å². The molecule has 0 spiro atoms. The molecular weight excluding hydrogens is 220 g/mol. The molecule has 2 atom stereocenters. The van der Waals surface area contributed by atoms with E-state index in [2.05, 4.69) is 10.6 Å². The predicted molar refractivity (Wildman–Crippen MR) is 55.8 cm³/mol. The summed E-state index contributed by atoms with van der Waals surface area (Å²) in [5, 5.41) is 4.83. The predicted octanol–water partition coefficient (Wildman–Crippen LogP) is 0.619. The topological polar surface area (TPSA) is 67.4 Å². The summed E-state index contributed by atoms with van der Waals surface area (Å²) in [5.41, 5.74) is 0. The van der Waals surface area contributed by atoms with Crippen LogP contribution in [-0.2, 0) is 9.53 Å². The summed E-state index contributed by atoms with van der Waals surface area (Å²) in [6.07, 6.45) is 2.81. The van der Waals surface area contributed by atoms with Gasteiger partial charge in [0.1, 0.15) is 5.88 Å². The van der Waals surface area contributed by atoms with Crippen LogP contribution in [0.3, 0.4) is 0 Å². The Morgan fingerprint density at radius 2 is 2.20 bits per heavy atom. The molecule has 6 heteroatoms. The van der Waals surface area contributed by atoms with E-state index in [0.29, 0.717) is 0 Å². The third-order valence-corrected chi connectivity index (χ3v) is 2.67. The second-order valence-electron chi connectivity index (χ2n) is 3.52. The molecule has 0 aliphatic heterocycles. The van der Waals surface area contributed by atoms with E-state index in [0.717, 1.165) is 19.3 Å². The molecule has 2 unspecified atom stereocenters. The van der Waals surface area contributed by atoms with Gasteiger partial charge in [0.25, 0.3) is 0 Å². The van der Waals surface area contributed by atoms with Crippen molar-refractivity contribution in [2.24, 2.45) is 0 Å². The molecule has 0 saturated heterocycles. The van der Waals surface area contributed by atoms with Crippen molar-refractivity contribution < 1.29 is 14.3 Å². The van der Waals surface area contributed by atoms with E-state index in [1.807, 2.05) is 0 Å². The molecule has 15 heavy (non-hydrogen) atoms. The van der Waals surface area contributed by atoms with Crippen LogP contribution in [0.1, 0.15) is 19.3 Å². The molecule has 0 aromatic rings. The summed E-state index contributed by atoms with van der Waals surface area (Å²) >= 11 is 5.25. The number of ether oxygens (including phenoxy) is 1. The molecule has 0 aromatic carbocycles. The number of hydrogen-bond donors (Lipinski definition) is 2. The summed E-state index contributed by atoms with van der Waals surface area (Å²) in [4.78, 5) is 22.0. The van der Waals surface area contributed by atoms with Crippen molar-refractivity contribution in [3.05, 3.63) is 0 Å². The van der Waals surface area contributed by atoms with Crippen LogP contribution in [0.2, 0.25) is 0 Å². The van der Waals surface area contributed by atoms with E-state index in [1.54, 1.807) is 7.11 Å². The van der Waals surface area contributed by atoms with Crippen molar-refractivity contribution >= 4 is 23.5 Å². The van der Waals surface area contributed by atoms with Crippen LogP contribution in [-0.4, -0.2) is 37.1 Å². The van der Waals surface area contributed by atoms with Crippen molar-refractivity contribution in [1.29, 1.82) is 0 Å². The Morgan fingerprint density at radius 3 is 2.73 bits per heavy atom. The normalized spacial score (nSPS) is 24.9. The average molecular weight is 235 g/mol. The Hall–Kier alpha value is -0.810. The van der Waals surface area contributed by atoms with E-state index in [4.69, 9.17) is 16.3 Å². The molecule has 0 aromatic heterocycles. The Bertz CT molecular complexity index is 248. The lowest BCUT2D eigenvalue weighted by atomic mass is 10.2. The second kappa shape index (κ2) is 5.92. The van der Waals surface area contributed by atoms with Crippen molar-refractivity contribution in [3.63, 3.8) is 0 Å². The average Bonchev–Trinajstić information content (AvgIpc) is 2.65. The lowest BCUT2D eigenvalue weighted by Crippen LogP contribution is -2.44. The number of carbonyl (C=O) groups is 2. The van der Waals surface area contributed by atoms with Gasteiger partial charge in [0.15, 0.2) is 0 Å². The second-order valence-corrected chi connectivity index (χ2v) is 3.79. The summed E-state index contributed by atoms with van der Waals surface area (Å²) in [6, 6.07) is -0.402. The molecule has 0 heterocycles. The lowest BCUT2D eigenvalue weighted by molar-refractivity contribution is -0.117. The number of methoxy groups -OCH3 is 1. The van der Waals surface area contributed by atoms with Crippen LogP contribution in [0.5, 0.6) is 0 Å². The highest BCUT2D eigenvalue weighted by Gasteiger charge is 2.25. The van der Waals surface area contributed by atoms with Gasteiger partial charge in [-0.25, -0.2) is 4.79 Å². The summed E-state index contributed by atoms with van der Waals surface area (Å²) in [5.74, 6) is -0.700. The summed E-state index contributed by atoms with van der Waals surface area (Å²) < 4.78 is 5.17. The van der Waals surface area contributed by atoms with Crippen LogP contribution in [0.25, 0.3) is 0 Å². The van der Waals surface area contributed by atoms with Crippen LogP contribution in [0.4, 0.5) is 4.79 Å². The molecule has 86 valence electrons. The molecule has 0 bridgehead atoms. The molecule has 2 N–H and O–H groups in total. The first kappa shape index (κ1) is 12.3. The van der Waals surface area contributed by atoms with Gasteiger partial charge in [-0.15, -0.1) is 11.6 Å². The molecule has 1 rings (SSSR count). The fraction of sp³-hybridized carbons (Fsp3) is 0.778. The zero-order valence-corrected chi connectivity index (χ0v) is 9.34. The zero-order chi connectivity index (χ0) is 11.3. The van der Waals surface area contributed by atoms with Gasteiger partial charge in [0, 0.05) is 13.2 Å². The van der Waals surface area contributed by atoms with E-state index in [1.165, 1.54) is 0 Å². The third-order valence-electron chi connectivity index (χ3n) is 2.43. The van der Waals surface area contributed by atoms with Gasteiger partial charge in [0.05, 0.1) is 6.10 Å². The Morgan fingerprint density at radius 1 is 1.47 bits per heavy atom. The maximum absolute atomic E-state index is 11.2. The van der Waals surface area contributed by atoms with Gasteiger partial charge >= 0.3 is 6.03 Å². The van der Waals surface area contributed by atoms with E-state index in [9.17, 15) is 9.59 Å². The van der Waals surface area contributed by atoms with Gasteiger partial charge in [-0.05, 0) is 19.3 Å². The molecule has 0 radical (unpaired) electrons. The number of nitrogens with one attached hydrogen (secondary N) is 2. The van der Waals surface area contributed by atoms with Gasteiger partial charge in [-0.1, -0.05) is 0 Å². The zero-order valence-electron chi connectivity index (χ0n) is 8.59. The SMILES string of the molecule is COC1CCC(NC(=O)NC(=O)CCl)C1. The Kier molecular flexibility index (Phi) is 4.84. The van der Waals surface area contributed by atoms with E-state index in [-0.39, 0.29) is 18.0 Å². The van der Waals surface area contributed by atoms with E-state index >= 15 is 0 Å². The molecule has 1 aliphatic carbocycles.